The number of anilines is 1. The van der Waals surface area contributed by atoms with Gasteiger partial charge < -0.3 is 11.1 Å². The third kappa shape index (κ3) is 4.39. The van der Waals surface area contributed by atoms with E-state index < -0.39 is 0 Å². The summed E-state index contributed by atoms with van der Waals surface area (Å²) in [6.07, 6.45) is 0.911. The Hall–Kier alpha value is -2.36. The van der Waals surface area contributed by atoms with E-state index in [0.29, 0.717) is 25.1 Å². The monoisotopic (exact) mass is 272 g/mol. The van der Waals surface area contributed by atoms with Crippen LogP contribution >= 0.6 is 0 Å². The lowest BCUT2D eigenvalue weighted by Crippen LogP contribution is -2.27. The molecule has 0 unspecified atom stereocenters. The minimum Gasteiger partial charge on any atom is -0.399 e. The number of amides is 1. The first-order chi connectivity index (χ1) is 9.63. The number of nitrogens with one attached hydrogen (secondary N) is 1. The Bertz CT molecular complexity index is 599. The Labute approximate surface area is 117 Å². The third-order valence-corrected chi connectivity index (χ3v) is 2.94. The number of halogens is 1. The van der Waals surface area contributed by atoms with Gasteiger partial charge in [0, 0.05) is 12.2 Å². The first-order valence-electron chi connectivity index (χ1n) is 6.49. The van der Waals surface area contributed by atoms with Gasteiger partial charge in [-0.05, 0) is 41.8 Å². The summed E-state index contributed by atoms with van der Waals surface area (Å²) in [6, 6.07) is 13.6. The van der Waals surface area contributed by atoms with Crippen molar-refractivity contribution in [2.24, 2.45) is 0 Å². The molecule has 0 saturated carbocycles. The van der Waals surface area contributed by atoms with E-state index in [4.69, 9.17) is 5.73 Å². The van der Waals surface area contributed by atoms with Crippen molar-refractivity contribution in [3.63, 3.8) is 0 Å². The van der Waals surface area contributed by atoms with Gasteiger partial charge in [-0.25, -0.2) is 4.39 Å². The Kier molecular flexibility index (Phi) is 4.71. The number of hydrogen-bond donors (Lipinski definition) is 2. The van der Waals surface area contributed by atoms with Gasteiger partial charge >= 0.3 is 0 Å². The number of hydrogen-bond acceptors (Lipinski definition) is 2. The molecule has 4 heteroatoms. The SMILES string of the molecule is Nc1cccc(CC(=O)NCCc2cccc(F)c2)c1. The molecule has 0 fully saturated rings. The minimum absolute atomic E-state index is 0.0630. The second kappa shape index (κ2) is 6.70. The van der Waals surface area contributed by atoms with Crippen LogP contribution < -0.4 is 11.1 Å². The molecule has 0 atom stereocenters. The van der Waals surface area contributed by atoms with Gasteiger partial charge in [-0.2, -0.15) is 0 Å². The lowest BCUT2D eigenvalue weighted by Gasteiger charge is -2.06. The van der Waals surface area contributed by atoms with Gasteiger partial charge in [0.2, 0.25) is 5.91 Å². The van der Waals surface area contributed by atoms with Crippen molar-refractivity contribution in [1.82, 2.24) is 5.32 Å². The summed E-state index contributed by atoms with van der Waals surface area (Å²) < 4.78 is 13.0. The quantitative estimate of drug-likeness (QED) is 0.821. The normalized spacial score (nSPS) is 10.2. The lowest BCUT2D eigenvalue weighted by molar-refractivity contribution is -0.120. The van der Waals surface area contributed by atoms with Crippen molar-refractivity contribution < 1.29 is 9.18 Å². The van der Waals surface area contributed by atoms with Gasteiger partial charge in [0.1, 0.15) is 5.82 Å². The number of nitrogens with two attached hydrogens (primary N) is 1. The molecule has 0 aromatic heterocycles. The maximum absolute atomic E-state index is 13.0. The fourth-order valence-electron chi connectivity index (χ4n) is 1.99. The zero-order valence-corrected chi connectivity index (χ0v) is 11.1. The van der Waals surface area contributed by atoms with E-state index in [1.807, 2.05) is 18.2 Å². The van der Waals surface area contributed by atoms with Crippen molar-refractivity contribution in [2.45, 2.75) is 12.8 Å². The maximum Gasteiger partial charge on any atom is 0.224 e. The van der Waals surface area contributed by atoms with Crippen molar-refractivity contribution in [3.05, 3.63) is 65.5 Å². The van der Waals surface area contributed by atoms with Crippen molar-refractivity contribution in [2.75, 3.05) is 12.3 Å². The van der Waals surface area contributed by atoms with Gasteiger partial charge in [-0.1, -0.05) is 24.3 Å². The highest BCUT2D eigenvalue weighted by atomic mass is 19.1. The summed E-state index contributed by atoms with van der Waals surface area (Å²) in [4.78, 5) is 11.8. The molecule has 0 aliphatic carbocycles. The third-order valence-electron chi connectivity index (χ3n) is 2.94. The number of carbonyl (C=O) groups is 1. The summed E-state index contributed by atoms with van der Waals surface area (Å²) in [6.45, 7) is 0.491. The minimum atomic E-state index is -0.256. The summed E-state index contributed by atoms with van der Waals surface area (Å²) in [5, 5.41) is 2.82. The number of nitrogen functional groups attached to an aromatic ring is 1. The molecule has 2 aromatic rings. The van der Waals surface area contributed by atoms with Crippen LogP contribution in [0.15, 0.2) is 48.5 Å². The average Bonchev–Trinajstić information content (AvgIpc) is 2.38. The highest BCUT2D eigenvalue weighted by Crippen LogP contribution is 2.07. The van der Waals surface area contributed by atoms with E-state index in [0.717, 1.165) is 11.1 Å². The molecule has 0 aliphatic heterocycles. The van der Waals surface area contributed by atoms with Crippen LogP contribution in [0, 0.1) is 5.82 Å². The van der Waals surface area contributed by atoms with Crippen molar-refractivity contribution in [1.29, 1.82) is 0 Å². The number of carbonyl (C=O) groups excluding carboxylic acids is 1. The highest BCUT2D eigenvalue weighted by molar-refractivity contribution is 5.78. The molecule has 0 radical (unpaired) electrons. The van der Waals surface area contributed by atoms with Crippen molar-refractivity contribution >= 4 is 11.6 Å². The van der Waals surface area contributed by atoms with Crippen LogP contribution in [-0.4, -0.2) is 12.5 Å². The average molecular weight is 272 g/mol. The van der Waals surface area contributed by atoms with Crippen LogP contribution in [0.4, 0.5) is 10.1 Å². The zero-order valence-electron chi connectivity index (χ0n) is 11.1. The summed E-state index contributed by atoms with van der Waals surface area (Å²) in [7, 11) is 0. The molecule has 0 spiro atoms. The van der Waals surface area contributed by atoms with Crippen LogP contribution in [0.5, 0.6) is 0 Å². The predicted octanol–water partition coefficient (Wildman–Crippen LogP) is 2.31. The van der Waals surface area contributed by atoms with E-state index in [1.54, 1.807) is 18.2 Å². The van der Waals surface area contributed by atoms with Crippen LogP contribution in [0.3, 0.4) is 0 Å². The van der Waals surface area contributed by atoms with E-state index >= 15 is 0 Å². The van der Waals surface area contributed by atoms with Gasteiger partial charge in [0.25, 0.3) is 0 Å². The van der Waals surface area contributed by atoms with E-state index in [2.05, 4.69) is 5.32 Å². The Morgan fingerprint density at radius 3 is 2.60 bits per heavy atom. The molecule has 0 aliphatic rings. The van der Waals surface area contributed by atoms with Gasteiger partial charge in [-0.3, -0.25) is 4.79 Å². The molecular formula is C16H17FN2O. The molecule has 2 rings (SSSR count). The topological polar surface area (TPSA) is 55.1 Å². The lowest BCUT2D eigenvalue weighted by atomic mass is 10.1. The van der Waals surface area contributed by atoms with Gasteiger partial charge in [0.15, 0.2) is 0 Å². The first-order valence-corrected chi connectivity index (χ1v) is 6.49. The molecule has 3 nitrogen and oxygen atoms in total. The summed E-state index contributed by atoms with van der Waals surface area (Å²) in [5.74, 6) is -0.319. The second-order valence-corrected chi connectivity index (χ2v) is 4.65. The fraction of sp³-hybridized carbons (Fsp3) is 0.188. The van der Waals surface area contributed by atoms with Gasteiger partial charge in [0.05, 0.1) is 6.42 Å². The van der Waals surface area contributed by atoms with Gasteiger partial charge in [-0.15, -0.1) is 0 Å². The summed E-state index contributed by atoms with van der Waals surface area (Å²) >= 11 is 0. The molecule has 104 valence electrons. The smallest absolute Gasteiger partial charge is 0.224 e. The number of rotatable bonds is 5. The van der Waals surface area contributed by atoms with Crippen LogP contribution in [-0.2, 0) is 17.6 Å². The Balaban J connectivity index is 1.78. The molecular weight excluding hydrogens is 255 g/mol. The highest BCUT2D eigenvalue weighted by Gasteiger charge is 2.03. The van der Waals surface area contributed by atoms with Crippen molar-refractivity contribution in [3.8, 4) is 0 Å². The zero-order chi connectivity index (χ0) is 14.4. The fourth-order valence-corrected chi connectivity index (χ4v) is 1.99. The largest absolute Gasteiger partial charge is 0.399 e. The van der Waals surface area contributed by atoms with Crippen LogP contribution in [0.2, 0.25) is 0 Å². The van der Waals surface area contributed by atoms with E-state index in [1.165, 1.54) is 12.1 Å². The number of benzene rings is 2. The molecule has 1 amide bonds. The summed E-state index contributed by atoms with van der Waals surface area (Å²) in [5.41, 5.74) is 8.06. The molecule has 20 heavy (non-hydrogen) atoms. The molecule has 3 N–H and O–H groups in total. The first kappa shape index (κ1) is 14.1. The maximum atomic E-state index is 13.0. The van der Waals surface area contributed by atoms with Crippen LogP contribution in [0.25, 0.3) is 0 Å². The standard InChI is InChI=1S/C16H17FN2O/c17-14-5-1-3-12(9-14)7-8-19-16(20)11-13-4-2-6-15(18)10-13/h1-6,9-10H,7-8,11,18H2,(H,19,20). The Morgan fingerprint density at radius 1 is 1.10 bits per heavy atom. The van der Waals surface area contributed by atoms with E-state index in [9.17, 15) is 9.18 Å². The second-order valence-electron chi connectivity index (χ2n) is 4.65. The molecule has 2 aromatic carbocycles. The predicted molar refractivity (Wildman–Crippen MR) is 77.7 cm³/mol. The van der Waals surface area contributed by atoms with Crippen LogP contribution in [0.1, 0.15) is 11.1 Å². The molecule has 0 heterocycles. The molecule has 0 saturated heterocycles. The molecule has 0 bridgehead atoms. The van der Waals surface area contributed by atoms with E-state index in [-0.39, 0.29) is 11.7 Å². The Morgan fingerprint density at radius 2 is 1.85 bits per heavy atom.